The Bertz CT molecular complexity index is 605. The topological polar surface area (TPSA) is 38.9 Å². The molecule has 5 heteroatoms. The van der Waals surface area contributed by atoms with Gasteiger partial charge >= 0.3 is 0 Å². The molecular weight excluding hydrogens is 264 g/mol. The minimum atomic E-state index is 0.709. The molecular formula is C13H10N2OS2. The molecule has 3 nitrogen and oxygen atoms in total. The molecule has 90 valence electrons. The first-order valence-electron chi connectivity index (χ1n) is 5.44. The molecule has 3 aromatic rings. The molecule has 0 saturated heterocycles. The predicted molar refractivity (Wildman–Crippen MR) is 73.6 cm³/mol. The largest absolute Gasteiger partial charge is 0.440 e. The minimum Gasteiger partial charge on any atom is -0.440 e. The Hall–Kier alpha value is -1.59. The SMILES string of the molecule is c1ccc(-c2cnc(CSc3nccs3)o2)cc1. The van der Waals surface area contributed by atoms with Gasteiger partial charge in [-0.15, -0.1) is 11.3 Å². The van der Waals surface area contributed by atoms with Gasteiger partial charge in [0.15, 0.2) is 5.76 Å². The Balaban J connectivity index is 1.70. The van der Waals surface area contributed by atoms with Gasteiger partial charge in [-0.25, -0.2) is 9.97 Å². The second-order valence-electron chi connectivity index (χ2n) is 3.57. The van der Waals surface area contributed by atoms with Crippen LogP contribution in [0.3, 0.4) is 0 Å². The Kier molecular flexibility index (Phi) is 3.43. The van der Waals surface area contributed by atoms with Gasteiger partial charge in [0.25, 0.3) is 0 Å². The van der Waals surface area contributed by atoms with Gasteiger partial charge < -0.3 is 4.42 Å². The van der Waals surface area contributed by atoms with Gasteiger partial charge in [0.05, 0.1) is 11.9 Å². The van der Waals surface area contributed by atoms with E-state index in [1.54, 1.807) is 35.5 Å². The highest BCUT2D eigenvalue weighted by atomic mass is 32.2. The van der Waals surface area contributed by atoms with E-state index in [1.807, 2.05) is 35.7 Å². The highest BCUT2D eigenvalue weighted by Crippen LogP contribution is 2.26. The number of hydrogen-bond donors (Lipinski definition) is 0. The highest BCUT2D eigenvalue weighted by molar-refractivity contribution is 8.00. The van der Waals surface area contributed by atoms with Crippen molar-refractivity contribution >= 4 is 23.1 Å². The van der Waals surface area contributed by atoms with E-state index in [9.17, 15) is 0 Å². The second kappa shape index (κ2) is 5.37. The van der Waals surface area contributed by atoms with Crippen LogP contribution in [0.25, 0.3) is 11.3 Å². The molecule has 0 atom stereocenters. The lowest BCUT2D eigenvalue weighted by Gasteiger charge is -1.95. The maximum absolute atomic E-state index is 5.71. The van der Waals surface area contributed by atoms with Crippen molar-refractivity contribution in [3.63, 3.8) is 0 Å². The van der Waals surface area contributed by atoms with Crippen molar-refractivity contribution in [1.82, 2.24) is 9.97 Å². The first kappa shape index (κ1) is 11.5. The van der Waals surface area contributed by atoms with Crippen molar-refractivity contribution in [2.45, 2.75) is 10.1 Å². The van der Waals surface area contributed by atoms with Gasteiger partial charge in [-0.05, 0) is 0 Å². The molecule has 0 N–H and O–H groups in total. The van der Waals surface area contributed by atoms with E-state index < -0.39 is 0 Å². The number of nitrogens with zero attached hydrogens (tertiary/aromatic N) is 2. The lowest BCUT2D eigenvalue weighted by atomic mass is 10.2. The average molecular weight is 274 g/mol. The lowest BCUT2D eigenvalue weighted by molar-refractivity contribution is 0.530. The van der Waals surface area contributed by atoms with E-state index in [0.29, 0.717) is 5.75 Å². The number of thioether (sulfide) groups is 1. The summed E-state index contributed by atoms with van der Waals surface area (Å²) in [6.45, 7) is 0. The zero-order chi connectivity index (χ0) is 12.2. The minimum absolute atomic E-state index is 0.709. The fraction of sp³-hybridized carbons (Fsp3) is 0.0769. The molecule has 0 aliphatic rings. The molecule has 0 aliphatic heterocycles. The zero-order valence-electron chi connectivity index (χ0n) is 9.45. The first-order chi connectivity index (χ1) is 8.92. The fourth-order valence-corrected chi connectivity index (χ4v) is 3.01. The quantitative estimate of drug-likeness (QED) is 0.672. The number of thiazole rings is 1. The monoisotopic (exact) mass is 274 g/mol. The van der Waals surface area contributed by atoms with Crippen molar-refractivity contribution in [3.05, 3.63) is 54.0 Å². The highest BCUT2D eigenvalue weighted by Gasteiger charge is 2.07. The molecule has 2 aromatic heterocycles. The van der Waals surface area contributed by atoms with Crippen LogP contribution in [0, 0.1) is 0 Å². The lowest BCUT2D eigenvalue weighted by Crippen LogP contribution is -1.78. The van der Waals surface area contributed by atoms with E-state index in [1.165, 1.54) is 0 Å². The standard InChI is InChI=1S/C13H10N2OS2/c1-2-4-10(5-3-1)11-8-15-12(16-11)9-18-13-14-6-7-17-13/h1-8H,9H2. The fourth-order valence-electron chi connectivity index (χ4n) is 1.52. The van der Waals surface area contributed by atoms with Crippen LogP contribution in [0.5, 0.6) is 0 Å². The summed E-state index contributed by atoms with van der Waals surface area (Å²) < 4.78 is 6.75. The van der Waals surface area contributed by atoms with E-state index in [4.69, 9.17) is 4.42 Å². The van der Waals surface area contributed by atoms with Crippen molar-refractivity contribution < 1.29 is 4.42 Å². The van der Waals surface area contributed by atoms with Gasteiger partial charge in [-0.1, -0.05) is 42.1 Å². The summed E-state index contributed by atoms with van der Waals surface area (Å²) in [5.74, 6) is 2.25. The maximum atomic E-state index is 5.71. The molecule has 2 heterocycles. The van der Waals surface area contributed by atoms with E-state index in [-0.39, 0.29) is 0 Å². The molecule has 18 heavy (non-hydrogen) atoms. The number of hydrogen-bond acceptors (Lipinski definition) is 5. The van der Waals surface area contributed by atoms with Crippen LogP contribution in [0.15, 0.2) is 56.9 Å². The Morgan fingerprint density at radius 2 is 2.06 bits per heavy atom. The average Bonchev–Trinajstić information content (AvgIpc) is 3.09. The third kappa shape index (κ3) is 2.63. The van der Waals surface area contributed by atoms with Crippen molar-refractivity contribution in [1.29, 1.82) is 0 Å². The zero-order valence-corrected chi connectivity index (χ0v) is 11.1. The van der Waals surface area contributed by atoms with Crippen LogP contribution in [0.4, 0.5) is 0 Å². The predicted octanol–water partition coefficient (Wildman–Crippen LogP) is 4.09. The Morgan fingerprint density at radius 1 is 1.17 bits per heavy atom. The number of rotatable bonds is 4. The summed E-state index contributed by atoms with van der Waals surface area (Å²) in [4.78, 5) is 8.49. The third-order valence-corrected chi connectivity index (χ3v) is 4.29. The van der Waals surface area contributed by atoms with Crippen LogP contribution >= 0.6 is 23.1 Å². The molecule has 0 spiro atoms. The normalized spacial score (nSPS) is 10.7. The van der Waals surface area contributed by atoms with Gasteiger partial charge in [0.1, 0.15) is 4.34 Å². The molecule has 1 aromatic carbocycles. The van der Waals surface area contributed by atoms with Crippen LogP contribution in [0.1, 0.15) is 5.89 Å². The molecule has 3 rings (SSSR count). The molecule has 0 saturated carbocycles. The molecule has 0 bridgehead atoms. The van der Waals surface area contributed by atoms with Gasteiger partial charge in [-0.2, -0.15) is 0 Å². The third-order valence-electron chi connectivity index (χ3n) is 2.34. The second-order valence-corrected chi connectivity index (χ2v) is 5.69. The summed E-state index contributed by atoms with van der Waals surface area (Å²) in [6, 6.07) is 9.99. The molecule has 0 amide bonds. The molecule has 0 fully saturated rings. The van der Waals surface area contributed by atoms with Crippen molar-refractivity contribution in [3.8, 4) is 11.3 Å². The van der Waals surface area contributed by atoms with E-state index in [2.05, 4.69) is 9.97 Å². The van der Waals surface area contributed by atoms with Crippen molar-refractivity contribution in [2.75, 3.05) is 0 Å². The summed E-state index contributed by atoms with van der Waals surface area (Å²) in [7, 11) is 0. The molecule has 0 aliphatic carbocycles. The summed E-state index contributed by atoms with van der Waals surface area (Å²) in [6.07, 6.45) is 3.57. The number of benzene rings is 1. The Morgan fingerprint density at radius 3 is 2.83 bits per heavy atom. The van der Waals surface area contributed by atoms with Crippen LogP contribution < -0.4 is 0 Å². The summed E-state index contributed by atoms with van der Waals surface area (Å²) in [5, 5.41) is 1.97. The number of oxazole rings is 1. The van der Waals surface area contributed by atoms with Gasteiger partial charge in [0, 0.05) is 17.1 Å². The summed E-state index contributed by atoms with van der Waals surface area (Å²) in [5.41, 5.74) is 1.05. The molecule has 0 radical (unpaired) electrons. The van der Waals surface area contributed by atoms with Crippen LogP contribution in [0.2, 0.25) is 0 Å². The smallest absolute Gasteiger partial charge is 0.205 e. The number of aromatic nitrogens is 2. The van der Waals surface area contributed by atoms with Crippen molar-refractivity contribution in [2.24, 2.45) is 0 Å². The Labute approximate surface area is 113 Å². The van der Waals surface area contributed by atoms with E-state index in [0.717, 1.165) is 21.6 Å². The van der Waals surface area contributed by atoms with Crippen LogP contribution in [-0.2, 0) is 5.75 Å². The van der Waals surface area contributed by atoms with Gasteiger partial charge in [0.2, 0.25) is 5.89 Å². The first-order valence-corrected chi connectivity index (χ1v) is 7.31. The van der Waals surface area contributed by atoms with Gasteiger partial charge in [-0.3, -0.25) is 0 Å². The summed E-state index contributed by atoms with van der Waals surface area (Å²) >= 11 is 3.27. The van der Waals surface area contributed by atoms with E-state index >= 15 is 0 Å². The van der Waals surface area contributed by atoms with Crippen LogP contribution in [-0.4, -0.2) is 9.97 Å². The maximum Gasteiger partial charge on any atom is 0.205 e. The molecule has 0 unspecified atom stereocenters.